The van der Waals surface area contributed by atoms with Crippen LogP contribution in [-0.2, 0) is 23.7 Å². The molecule has 0 aliphatic carbocycles. The summed E-state index contributed by atoms with van der Waals surface area (Å²) in [4.78, 5) is 25.3. The monoisotopic (exact) mass is 389 g/mol. The first-order chi connectivity index (χ1) is 13.1. The van der Waals surface area contributed by atoms with Crippen molar-refractivity contribution in [2.45, 2.75) is 59.5 Å². The molecule has 1 atom stereocenters. The first-order valence-corrected chi connectivity index (χ1v) is 9.43. The molecule has 2 heterocycles. The average molecular weight is 389 g/mol. The highest BCUT2D eigenvalue weighted by molar-refractivity contribution is 6.24. The maximum absolute atomic E-state index is 13.1. The number of hydrogen-bond donors (Lipinski definition) is 1. The van der Waals surface area contributed by atoms with E-state index in [1.165, 1.54) is 0 Å². The Morgan fingerprint density at radius 1 is 1.21 bits per heavy atom. The number of nitrogens with one attached hydrogen (secondary N) is 1. The lowest BCUT2D eigenvalue weighted by molar-refractivity contribution is -0.309. The highest BCUT2D eigenvalue weighted by Gasteiger charge is 2.54. The second-order valence-electron chi connectivity index (χ2n) is 7.64. The van der Waals surface area contributed by atoms with Crippen molar-refractivity contribution in [2.75, 3.05) is 13.2 Å². The highest BCUT2D eigenvalue weighted by atomic mass is 16.8. The minimum atomic E-state index is -1.29. The number of ether oxygens (including phenoxy) is 4. The van der Waals surface area contributed by atoms with Crippen molar-refractivity contribution in [1.29, 1.82) is 0 Å². The molecule has 2 aliphatic rings. The summed E-state index contributed by atoms with van der Waals surface area (Å²) in [7, 11) is 0. The molecule has 7 heteroatoms. The summed E-state index contributed by atoms with van der Waals surface area (Å²) in [5, 5.41) is 2.89. The lowest BCUT2D eigenvalue weighted by atomic mass is 9.92. The van der Waals surface area contributed by atoms with E-state index in [2.05, 4.69) is 5.32 Å². The molecular formula is C21H27NO6. The van der Waals surface area contributed by atoms with E-state index in [-0.39, 0.29) is 18.3 Å². The second kappa shape index (κ2) is 7.22. The molecule has 0 bridgehead atoms. The van der Waals surface area contributed by atoms with E-state index >= 15 is 0 Å². The van der Waals surface area contributed by atoms with Gasteiger partial charge >= 0.3 is 6.16 Å². The SMILES string of the molecule is CCOC(=O)OC1=C(c2c(C)cc(C)cc2C)C(=O)NC12CCOC(C)(C)O2. The molecule has 7 nitrogen and oxygen atoms in total. The van der Waals surface area contributed by atoms with Crippen molar-refractivity contribution < 1.29 is 28.5 Å². The Bertz CT molecular complexity index is 833. The van der Waals surface area contributed by atoms with Gasteiger partial charge in [-0.15, -0.1) is 0 Å². The Kier molecular flexibility index (Phi) is 5.25. The van der Waals surface area contributed by atoms with Gasteiger partial charge in [0.15, 0.2) is 11.5 Å². The van der Waals surface area contributed by atoms with Crippen LogP contribution in [0.1, 0.15) is 49.4 Å². The third-order valence-corrected chi connectivity index (χ3v) is 4.83. The van der Waals surface area contributed by atoms with Crippen LogP contribution in [0.3, 0.4) is 0 Å². The predicted octanol–water partition coefficient (Wildman–Crippen LogP) is 3.50. The lowest BCUT2D eigenvalue weighted by Crippen LogP contribution is -2.57. The first-order valence-electron chi connectivity index (χ1n) is 9.43. The number of aryl methyl sites for hydroxylation is 3. The third-order valence-electron chi connectivity index (χ3n) is 4.83. The molecule has 1 unspecified atom stereocenters. The van der Waals surface area contributed by atoms with Gasteiger partial charge in [0.2, 0.25) is 5.72 Å². The normalized spacial score (nSPS) is 23.7. The van der Waals surface area contributed by atoms with E-state index in [4.69, 9.17) is 18.9 Å². The molecule has 152 valence electrons. The quantitative estimate of drug-likeness (QED) is 0.797. The summed E-state index contributed by atoms with van der Waals surface area (Å²) >= 11 is 0. The predicted molar refractivity (Wildman–Crippen MR) is 102 cm³/mol. The van der Waals surface area contributed by atoms with E-state index in [0.717, 1.165) is 22.3 Å². The van der Waals surface area contributed by atoms with Gasteiger partial charge in [-0.25, -0.2) is 4.79 Å². The van der Waals surface area contributed by atoms with Gasteiger partial charge < -0.3 is 24.3 Å². The van der Waals surface area contributed by atoms with Gasteiger partial charge in [0, 0.05) is 6.42 Å². The van der Waals surface area contributed by atoms with E-state index < -0.39 is 17.7 Å². The Morgan fingerprint density at radius 3 is 2.43 bits per heavy atom. The number of benzene rings is 1. The molecule has 3 rings (SSSR count). The number of rotatable bonds is 3. The Hall–Kier alpha value is -2.38. The maximum Gasteiger partial charge on any atom is 0.513 e. The number of carbonyl (C=O) groups excluding carboxylic acids is 2. The number of carbonyl (C=O) groups is 2. The van der Waals surface area contributed by atoms with Crippen LogP contribution >= 0.6 is 0 Å². The second-order valence-corrected chi connectivity index (χ2v) is 7.64. The van der Waals surface area contributed by atoms with Crippen LogP contribution in [0.25, 0.3) is 5.57 Å². The summed E-state index contributed by atoms with van der Waals surface area (Å²) in [5.74, 6) is -1.18. The Balaban J connectivity index is 2.20. The van der Waals surface area contributed by atoms with Crippen LogP contribution in [0.5, 0.6) is 0 Å². The number of amides is 1. The molecule has 0 saturated carbocycles. The van der Waals surface area contributed by atoms with Gasteiger partial charge in [-0.1, -0.05) is 17.7 Å². The van der Waals surface area contributed by atoms with E-state index in [0.29, 0.717) is 18.6 Å². The zero-order chi connectivity index (χ0) is 20.7. The molecule has 1 spiro atoms. The molecule has 1 N–H and O–H groups in total. The molecule has 0 aromatic heterocycles. The van der Waals surface area contributed by atoms with Gasteiger partial charge in [0.1, 0.15) is 0 Å². The smallest absolute Gasteiger partial charge is 0.434 e. The van der Waals surface area contributed by atoms with Gasteiger partial charge in [-0.3, -0.25) is 4.79 Å². The molecular weight excluding hydrogens is 362 g/mol. The zero-order valence-electron chi connectivity index (χ0n) is 17.2. The fourth-order valence-electron chi connectivity index (χ4n) is 3.96. The molecule has 28 heavy (non-hydrogen) atoms. The first kappa shape index (κ1) is 20.4. The van der Waals surface area contributed by atoms with Crippen LogP contribution in [0.4, 0.5) is 4.79 Å². The molecule has 1 saturated heterocycles. The lowest BCUT2D eigenvalue weighted by Gasteiger charge is -2.43. The van der Waals surface area contributed by atoms with Crippen molar-refractivity contribution in [1.82, 2.24) is 5.32 Å². The van der Waals surface area contributed by atoms with Crippen LogP contribution in [0, 0.1) is 20.8 Å². The Labute approximate surface area is 165 Å². The van der Waals surface area contributed by atoms with Crippen LogP contribution in [0.2, 0.25) is 0 Å². The maximum atomic E-state index is 13.1. The minimum absolute atomic E-state index is 0.127. The molecule has 1 amide bonds. The summed E-state index contributed by atoms with van der Waals surface area (Å²) < 4.78 is 22.3. The Morgan fingerprint density at radius 2 is 1.86 bits per heavy atom. The summed E-state index contributed by atoms with van der Waals surface area (Å²) in [6, 6.07) is 3.98. The largest absolute Gasteiger partial charge is 0.513 e. The highest BCUT2D eigenvalue weighted by Crippen LogP contribution is 2.44. The van der Waals surface area contributed by atoms with Crippen molar-refractivity contribution in [2.24, 2.45) is 0 Å². The van der Waals surface area contributed by atoms with E-state index in [1.54, 1.807) is 20.8 Å². The van der Waals surface area contributed by atoms with Gasteiger partial charge in [-0.05, 0) is 58.2 Å². The van der Waals surface area contributed by atoms with Crippen molar-refractivity contribution >= 4 is 17.6 Å². The molecule has 1 fully saturated rings. The van der Waals surface area contributed by atoms with Crippen LogP contribution in [0.15, 0.2) is 17.9 Å². The van der Waals surface area contributed by atoms with E-state index in [1.807, 2.05) is 32.9 Å². The minimum Gasteiger partial charge on any atom is -0.434 e. The molecule has 1 aromatic rings. The van der Waals surface area contributed by atoms with Crippen LogP contribution in [-0.4, -0.2) is 36.8 Å². The van der Waals surface area contributed by atoms with Gasteiger partial charge in [0.05, 0.1) is 18.8 Å². The molecule has 2 aliphatic heterocycles. The van der Waals surface area contributed by atoms with E-state index in [9.17, 15) is 9.59 Å². The standard InChI is InChI=1S/C21H27NO6/c1-7-25-19(24)27-17-16(15-13(3)10-12(2)11-14(15)4)18(23)22-21(17)8-9-26-20(5,6)28-21/h10-11H,7-9H2,1-6H3,(H,22,23). The fourth-order valence-corrected chi connectivity index (χ4v) is 3.96. The summed E-state index contributed by atoms with van der Waals surface area (Å²) in [5.41, 5.74) is 2.65. The van der Waals surface area contributed by atoms with Gasteiger partial charge in [-0.2, -0.15) is 0 Å². The molecule has 1 aromatic carbocycles. The van der Waals surface area contributed by atoms with Crippen molar-refractivity contribution in [3.05, 3.63) is 40.1 Å². The van der Waals surface area contributed by atoms with Crippen molar-refractivity contribution in [3.63, 3.8) is 0 Å². The zero-order valence-corrected chi connectivity index (χ0v) is 17.2. The summed E-state index contributed by atoms with van der Waals surface area (Å²) in [6.07, 6.45) is -0.564. The fraction of sp³-hybridized carbons (Fsp3) is 0.524. The van der Waals surface area contributed by atoms with Crippen molar-refractivity contribution in [3.8, 4) is 0 Å². The number of hydrogen-bond acceptors (Lipinski definition) is 6. The topological polar surface area (TPSA) is 83.1 Å². The third kappa shape index (κ3) is 3.64. The molecule has 0 radical (unpaired) electrons. The average Bonchev–Trinajstić information content (AvgIpc) is 2.77. The summed E-state index contributed by atoms with van der Waals surface area (Å²) in [6.45, 7) is 11.5. The van der Waals surface area contributed by atoms with Crippen LogP contribution < -0.4 is 5.32 Å². The van der Waals surface area contributed by atoms with Gasteiger partial charge in [0.25, 0.3) is 5.91 Å².